The fourth-order valence-electron chi connectivity index (χ4n) is 2.40. The number of carbonyl (C=O) groups is 1. The first-order valence-electron chi connectivity index (χ1n) is 6.97. The number of fused-ring (bicyclic) bond motifs is 1. The molecule has 0 spiro atoms. The molecule has 8 heteroatoms. The third-order valence-corrected chi connectivity index (χ3v) is 3.54. The third kappa shape index (κ3) is 3.02. The molecule has 122 valence electrons. The van der Waals surface area contributed by atoms with Crippen molar-refractivity contribution in [2.24, 2.45) is 0 Å². The Labute approximate surface area is 134 Å². The van der Waals surface area contributed by atoms with Crippen LogP contribution >= 0.6 is 0 Å². The van der Waals surface area contributed by atoms with E-state index in [1.54, 1.807) is 12.3 Å². The summed E-state index contributed by atoms with van der Waals surface area (Å²) in [6, 6.07) is 7.72. The number of nitro groups is 1. The second kappa shape index (κ2) is 5.99. The van der Waals surface area contributed by atoms with Crippen LogP contribution in [-0.4, -0.2) is 20.9 Å². The van der Waals surface area contributed by atoms with Gasteiger partial charge < -0.3 is 15.4 Å². The van der Waals surface area contributed by atoms with Crippen LogP contribution in [0.1, 0.15) is 5.56 Å². The highest BCUT2D eigenvalue weighted by Gasteiger charge is 2.14. The van der Waals surface area contributed by atoms with Gasteiger partial charge >= 0.3 is 0 Å². The highest BCUT2D eigenvalue weighted by molar-refractivity contribution is 5.96. The Kier molecular flexibility index (Phi) is 3.87. The number of hydrogen-bond donors (Lipinski definition) is 3. The number of rotatable bonds is 4. The summed E-state index contributed by atoms with van der Waals surface area (Å²) in [4.78, 5) is 25.4. The first kappa shape index (κ1) is 15.5. The second-order valence-corrected chi connectivity index (χ2v) is 5.19. The van der Waals surface area contributed by atoms with E-state index in [0.717, 1.165) is 6.07 Å². The fourth-order valence-corrected chi connectivity index (χ4v) is 2.40. The largest absolute Gasteiger partial charge is 0.508 e. The molecule has 1 aromatic heterocycles. The highest BCUT2D eigenvalue weighted by Crippen LogP contribution is 2.25. The van der Waals surface area contributed by atoms with Crippen LogP contribution in [-0.2, 0) is 11.2 Å². The average Bonchev–Trinajstić information content (AvgIpc) is 2.92. The number of benzene rings is 2. The molecule has 0 unspecified atom stereocenters. The van der Waals surface area contributed by atoms with E-state index in [1.807, 2.05) is 0 Å². The lowest BCUT2D eigenvalue weighted by Crippen LogP contribution is -2.15. The van der Waals surface area contributed by atoms with Crippen molar-refractivity contribution in [1.82, 2.24) is 4.98 Å². The number of H-pyrrole nitrogens is 1. The van der Waals surface area contributed by atoms with E-state index in [9.17, 15) is 19.3 Å². The Morgan fingerprint density at radius 2 is 2.08 bits per heavy atom. The van der Waals surface area contributed by atoms with Crippen LogP contribution < -0.4 is 5.32 Å². The van der Waals surface area contributed by atoms with Crippen molar-refractivity contribution in [1.29, 1.82) is 0 Å². The number of anilines is 1. The molecule has 24 heavy (non-hydrogen) atoms. The molecule has 1 amide bonds. The number of nitrogens with zero attached hydrogens (tertiary/aromatic N) is 1. The summed E-state index contributed by atoms with van der Waals surface area (Å²) in [7, 11) is 0. The molecule has 0 aliphatic heterocycles. The number of carbonyl (C=O) groups excluding carboxylic acids is 1. The molecule has 0 bridgehead atoms. The van der Waals surface area contributed by atoms with Gasteiger partial charge in [-0.25, -0.2) is 4.39 Å². The maximum Gasteiger partial charge on any atom is 0.270 e. The lowest BCUT2D eigenvalue weighted by Gasteiger charge is -2.06. The van der Waals surface area contributed by atoms with Gasteiger partial charge in [0.2, 0.25) is 5.91 Å². The van der Waals surface area contributed by atoms with Crippen LogP contribution in [0.2, 0.25) is 0 Å². The number of amides is 1. The maximum absolute atomic E-state index is 13.6. The monoisotopic (exact) mass is 329 g/mol. The predicted molar refractivity (Wildman–Crippen MR) is 85.4 cm³/mol. The van der Waals surface area contributed by atoms with Crippen molar-refractivity contribution >= 4 is 28.2 Å². The number of nitrogens with one attached hydrogen (secondary N) is 2. The molecular weight excluding hydrogens is 317 g/mol. The number of halogens is 1. The van der Waals surface area contributed by atoms with Gasteiger partial charge in [0.15, 0.2) is 0 Å². The van der Waals surface area contributed by atoms with Gasteiger partial charge in [-0.15, -0.1) is 0 Å². The van der Waals surface area contributed by atoms with Crippen molar-refractivity contribution in [3.63, 3.8) is 0 Å². The summed E-state index contributed by atoms with van der Waals surface area (Å²) in [5, 5.41) is 23.0. The van der Waals surface area contributed by atoms with E-state index in [0.29, 0.717) is 16.5 Å². The van der Waals surface area contributed by atoms with Gasteiger partial charge in [-0.1, -0.05) is 0 Å². The van der Waals surface area contributed by atoms with E-state index in [4.69, 9.17) is 5.11 Å². The molecule has 0 saturated heterocycles. The highest BCUT2D eigenvalue weighted by atomic mass is 19.1. The molecule has 0 saturated carbocycles. The summed E-state index contributed by atoms with van der Waals surface area (Å²) < 4.78 is 13.6. The minimum Gasteiger partial charge on any atom is -0.508 e. The predicted octanol–water partition coefficient (Wildman–Crippen LogP) is 3.10. The Hall–Kier alpha value is -3.42. The standard InChI is InChI=1S/C16H12FN3O4/c17-13-7-11(21)2-4-15(13)19-16(22)5-9-8-18-14-3-1-10(20(23)24)6-12(9)14/h1-4,6-8,18,21H,5H2,(H,19,22). The lowest BCUT2D eigenvalue weighted by molar-refractivity contribution is -0.384. The number of aromatic amines is 1. The van der Waals surface area contributed by atoms with Gasteiger partial charge in [0.05, 0.1) is 17.0 Å². The normalized spacial score (nSPS) is 10.7. The third-order valence-electron chi connectivity index (χ3n) is 3.54. The first-order chi connectivity index (χ1) is 11.4. The molecule has 0 radical (unpaired) electrons. The van der Waals surface area contributed by atoms with E-state index >= 15 is 0 Å². The zero-order valence-corrected chi connectivity index (χ0v) is 12.2. The van der Waals surface area contributed by atoms with E-state index < -0.39 is 16.6 Å². The van der Waals surface area contributed by atoms with Gasteiger partial charge in [0.1, 0.15) is 11.6 Å². The number of nitro benzene ring substituents is 1. The number of phenolic OH excluding ortho intramolecular Hbond substituents is 1. The molecule has 2 aromatic carbocycles. The molecule has 0 atom stereocenters. The molecular formula is C16H12FN3O4. The van der Waals surface area contributed by atoms with Crippen LogP contribution in [0.15, 0.2) is 42.6 Å². The zero-order chi connectivity index (χ0) is 17.3. The summed E-state index contributed by atoms with van der Waals surface area (Å²) >= 11 is 0. The van der Waals surface area contributed by atoms with Crippen LogP contribution in [0.4, 0.5) is 15.8 Å². The molecule has 0 aliphatic rings. The summed E-state index contributed by atoms with van der Waals surface area (Å²) in [6.07, 6.45) is 1.50. The Balaban J connectivity index is 1.82. The Morgan fingerprint density at radius 1 is 1.29 bits per heavy atom. The Morgan fingerprint density at radius 3 is 2.79 bits per heavy atom. The molecule has 0 fully saturated rings. The number of aromatic hydroxyl groups is 1. The number of non-ortho nitro benzene ring substituents is 1. The van der Waals surface area contributed by atoms with Crippen molar-refractivity contribution in [3.8, 4) is 5.75 Å². The van der Waals surface area contributed by atoms with Gasteiger partial charge in [-0.05, 0) is 23.8 Å². The van der Waals surface area contributed by atoms with Gasteiger partial charge in [-0.2, -0.15) is 0 Å². The van der Waals surface area contributed by atoms with Crippen LogP contribution in [0.5, 0.6) is 5.75 Å². The minimum absolute atomic E-state index is 0.0522. The van der Waals surface area contributed by atoms with Crippen molar-refractivity contribution in [2.45, 2.75) is 6.42 Å². The SMILES string of the molecule is O=C(Cc1c[nH]c2ccc([N+](=O)[O-])cc12)Nc1ccc(O)cc1F. The molecule has 0 aliphatic carbocycles. The second-order valence-electron chi connectivity index (χ2n) is 5.19. The molecule has 7 nitrogen and oxygen atoms in total. The minimum atomic E-state index is -0.752. The molecule has 1 heterocycles. The zero-order valence-electron chi connectivity index (χ0n) is 12.2. The number of phenols is 1. The smallest absolute Gasteiger partial charge is 0.270 e. The first-order valence-corrected chi connectivity index (χ1v) is 6.97. The summed E-state index contributed by atoms with van der Waals surface area (Å²) in [5.74, 6) is -1.47. The molecule has 3 aromatic rings. The topological polar surface area (TPSA) is 108 Å². The number of hydrogen-bond acceptors (Lipinski definition) is 4. The van der Waals surface area contributed by atoms with Crippen molar-refractivity contribution in [2.75, 3.05) is 5.32 Å². The van der Waals surface area contributed by atoms with Crippen LogP contribution in [0.25, 0.3) is 10.9 Å². The van der Waals surface area contributed by atoms with E-state index in [-0.39, 0.29) is 23.5 Å². The summed E-state index contributed by atoms with van der Waals surface area (Å²) in [5.41, 5.74) is 1.10. The fraction of sp³-hybridized carbons (Fsp3) is 0.0625. The van der Waals surface area contributed by atoms with Gasteiger partial charge in [0.25, 0.3) is 5.69 Å². The Bertz CT molecular complexity index is 952. The van der Waals surface area contributed by atoms with Gasteiger partial charge in [-0.3, -0.25) is 14.9 Å². The molecule has 3 rings (SSSR count). The van der Waals surface area contributed by atoms with Crippen molar-refractivity contribution in [3.05, 3.63) is 64.1 Å². The van der Waals surface area contributed by atoms with Crippen molar-refractivity contribution < 1.29 is 19.2 Å². The average molecular weight is 329 g/mol. The van der Waals surface area contributed by atoms with Crippen LogP contribution in [0, 0.1) is 15.9 Å². The van der Waals surface area contributed by atoms with Gasteiger partial charge in [0, 0.05) is 35.3 Å². The van der Waals surface area contributed by atoms with Crippen LogP contribution in [0.3, 0.4) is 0 Å². The molecule has 3 N–H and O–H groups in total. The number of aromatic nitrogens is 1. The van der Waals surface area contributed by atoms with E-state index in [1.165, 1.54) is 24.3 Å². The summed E-state index contributed by atoms with van der Waals surface area (Å²) in [6.45, 7) is 0. The van der Waals surface area contributed by atoms with E-state index in [2.05, 4.69) is 10.3 Å². The maximum atomic E-state index is 13.6. The quantitative estimate of drug-likeness (QED) is 0.388. The lowest BCUT2D eigenvalue weighted by atomic mass is 10.1.